The number of carbonyl (C=O) groups excluding carboxylic acids is 2. The maximum absolute atomic E-state index is 11.9. The third kappa shape index (κ3) is 3.73. The highest BCUT2D eigenvalue weighted by Crippen LogP contribution is 2.18. The number of nitro benzene ring substituents is 1. The first-order valence-corrected chi connectivity index (χ1v) is 6.19. The fourth-order valence-corrected chi connectivity index (χ4v) is 1.81. The van der Waals surface area contributed by atoms with Crippen molar-refractivity contribution in [2.75, 3.05) is 5.32 Å². The van der Waals surface area contributed by atoms with Crippen LogP contribution in [0.1, 0.15) is 5.56 Å². The van der Waals surface area contributed by atoms with Crippen molar-refractivity contribution >= 4 is 23.1 Å². The Hall–Kier alpha value is -3.02. The predicted octanol–water partition coefficient (Wildman–Crippen LogP) is 2.35. The molecular formula is C15H12N2O4. The van der Waals surface area contributed by atoms with Gasteiger partial charge in [-0.05, 0) is 12.1 Å². The number of anilines is 1. The molecule has 6 heteroatoms. The molecule has 1 N–H and O–H groups in total. The number of nitrogens with one attached hydrogen (secondary N) is 1. The summed E-state index contributed by atoms with van der Waals surface area (Å²) >= 11 is 0. The number of nitrogens with zero attached hydrogens (tertiary/aromatic N) is 1. The highest BCUT2D eigenvalue weighted by atomic mass is 16.6. The van der Waals surface area contributed by atoms with Gasteiger partial charge in [-0.3, -0.25) is 19.7 Å². The number of hydrogen-bond donors (Lipinski definition) is 1. The average Bonchev–Trinajstić information content (AvgIpc) is 2.48. The molecule has 0 atom stereocenters. The standard InChI is InChI=1S/C15H12N2O4/c18-14(15(19)16-12-7-2-1-3-8-12)10-11-6-4-5-9-13(11)17(20)21/h1-9H,10H2,(H,16,19). The summed E-state index contributed by atoms with van der Waals surface area (Å²) in [6.07, 6.45) is -0.310. The minimum Gasteiger partial charge on any atom is -0.319 e. The second-order valence-corrected chi connectivity index (χ2v) is 4.31. The molecule has 0 aliphatic heterocycles. The Bertz CT molecular complexity index is 683. The van der Waals surface area contributed by atoms with E-state index in [0.717, 1.165) is 0 Å². The van der Waals surface area contributed by atoms with Gasteiger partial charge in [0.1, 0.15) is 0 Å². The van der Waals surface area contributed by atoms with Gasteiger partial charge in [0.05, 0.1) is 4.92 Å². The summed E-state index contributed by atoms with van der Waals surface area (Å²) in [4.78, 5) is 33.9. The zero-order valence-electron chi connectivity index (χ0n) is 11.0. The summed E-state index contributed by atoms with van der Waals surface area (Å²) < 4.78 is 0. The van der Waals surface area contributed by atoms with E-state index in [1.165, 1.54) is 18.2 Å². The van der Waals surface area contributed by atoms with E-state index >= 15 is 0 Å². The Balaban J connectivity index is 2.08. The molecule has 0 aromatic heterocycles. The van der Waals surface area contributed by atoms with Gasteiger partial charge in [-0.2, -0.15) is 0 Å². The van der Waals surface area contributed by atoms with Crippen molar-refractivity contribution in [3.8, 4) is 0 Å². The SMILES string of the molecule is O=C(Cc1ccccc1[N+](=O)[O-])C(=O)Nc1ccccc1. The van der Waals surface area contributed by atoms with Crippen LogP contribution in [-0.4, -0.2) is 16.6 Å². The highest BCUT2D eigenvalue weighted by molar-refractivity contribution is 6.41. The Labute approximate surface area is 120 Å². The molecule has 0 radical (unpaired) electrons. The van der Waals surface area contributed by atoms with Crippen molar-refractivity contribution in [3.63, 3.8) is 0 Å². The molecule has 0 saturated carbocycles. The topological polar surface area (TPSA) is 89.3 Å². The third-order valence-electron chi connectivity index (χ3n) is 2.82. The van der Waals surface area contributed by atoms with E-state index in [1.807, 2.05) is 0 Å². The van der Waals surface area contributed by atoms with Crippen LogP contribution in [0.15, 0.2) is 54.6 Å². The maximum atomic E-state index is 11.9. The molecule has 0 spiro atoms. The van der Waals surface area contributed by atoms with Gasteiger partial charge in [-0.25, -0.2) is 0 Å². The second kappa shape index (κ2) is 6.42. The molecule has 0 heterocycles. The average molecular weight is 284 g/mol. The lowest BCUT2D eigenvalue weighted by molar-refractivity contribution is -0.385. The Morgan fingerprint density at radius 1 is 1.00 bits per heavy atom. The van der Waals surface area contributed by atoms with Crippen molar-refractivity contribution in [1.29, 1.82) is 0 Å². The number of amides is 1. The molecule has 6 nitrogen and oxygen atoms in total. The van der Waals surface area contributed by atoms with Crippen molar-refractivity contribution in [2.24, 2.45) is 0 Å². The summed E-state index contributed by atoms with van der Waals surface area (Å²) in [5, 5.41) is 13.3. The summed E-state index contributed by atoms with van der Waals surface area (Å²) in [7, 11) is 0. The van der Waals surface area contributed by atoms with Crippen LogP contribution in [0.4, 0.5) is 11.4 Å². The number of carbonyl (C=O) groups is 2. The number of nitro groups is 1. The molecule has 0 saturated heterocycles. The molecule has 0 aliphatic carbocycles. The zero-order valence-corrected chi connectivity index (χ0v) is 11.0. The lowest BCUT2D eigenvalue weighted by atomic mass is 10.1. The molecule has 21 heavy (non-hydrogen) atoms. The van der Waals surface area contributed by atoms with Crippen LogP contribution in [0.2, 0.25) is 0 Å². The minimum absolute atomic E-state index is 0.168. The molecule has 0 fully saturated rings. The summed E-state index contributed by atoms with van der Waals surface area (Å²) in [5.74, 6) is -1.52. The van der Waals surface area contributed by atoms with Crippen LogP contribution in [0, 0.1) is 10.1 Å². The molecule has 0 unspecified atom stereocenters. The van der Waals surface area contributed by atoms with Crippen LogP contribution in [0.3, 0.4) is 0 Å². The lowest BCUT2D eigenvalue weighted by Crippen LogP contribution is -2.24. The Kier molecular flexibility index (Phi) is 4.40. The van der Waals surface area contributed by atoms with E-state index in [-0.39, 0.29) is 17.7 Å². The van der Waals surface area contributed by atoms with Gasteiger partial charge in [-0.1, -0.05) is 36.4 Å². The van der Waals surface area contributed by atoms with E-state index in [4.69, 9.17) is 0 Å². The summed E-state index contributed by atoms with van der Waals surface area (Å²) in [6, 6.07) is 14.4. The highest BCUT2D eigenvalue weighted by Gasteiger charge is 2.20. The Morgan fingerprint density at radius 3 is 2.29 bits per heavy atom. The van der Waals surface area contributed by atoms with Crippen LogP contribution in [0.5, 0.6) is 0 Å². The van der Waals surface area contributed by atoms with Gasteiger partial charge < -0.3 is 5.32 Å². The van der Waals surface area contributed by atoms with Gasteiger partial charge >= 0.3 is 0 Å². The zero-order chi connectivity index (χ0) is 15.2. The molecule has 106 valence electrons. The summed E-state index contributed by atoms with van der Waals surface area (Å²) in [5.41, 5.74) is 0.549. The number of hydrogen-bond acceptors (Lipinski definition) is 4. The molecule has 0 bridgehead atoms. The normalized spacial score (nSPS) is 9.90. The first-order chi connectivity index (χ1) is 10.1. The van der Waals surface area contributed by atoms with Crippen molar-refractivity contribution in [3.05, 3.63) is 70.3 Å². The molecule has 2 rings (SSSR count). The number of Topliss-reactive ketones (excluding diaryl/α,β-unsaturated/α-hetero) is 1. The van der Waals surface area contributed by atoms with Gasteiger partial charge in [0.2, 0.25) is 5.78 Å². The van der Waals surface area contributed by atoms with E-state index in [2.05, 4.69) is 5.32 Å². The number of ketones is 1. The fourth-order valence-electron chi connectivity index (χ4n) is 1.81. The van der Waals surface area contributed by atoms with Crippen LogP contribution in [-0.2, 0) is 16.0 Å². The molecule has 2 aromatic carbocycles. The fraction of sp³-hybridized carbons (Fsp3) is 0.0667. The molecule has 2 aromatic rings. The van der Waals surface area contributed by atoms with Crippen molar-refractivity contribution in [2.45, 2.75) is 6.42 Å². The monoisotopic (exact) mass is 284 g/mol. The first-order valence-electron chi connectivity index (χ1n) is 6.19. The Morgan fingerprint density at radius 2 is 1.62 bits per heavy atom. The summed E-state index contributed by atoms with van der Waals surface area (Å²) in [6.45, 7) is 0. The number of benzene rings is 2. The molecule has 1 amide bonds. The van der Waals surface area contributed by atoms with Crippen LogP contribution >= 0.6 is 0 Å². The predicted molar refractivity (Wildman–Crippen MR) is 76.9 cm³/mol. The van der Waals surface area contributed by atoms with E-state index < -0.39 is 16.6 Å². The van der Waals surface area contributed by atoms with Gasteiger partial charge in [0, 0.05) is 23.7 Å². The van der Waals surface area contributed by atoms with Crippen molar-refractivity contribution < 1.29 is 14.5 Å². The van der Waals surface area contributed by atoms with E-state index in [9.17, 15) is 19.7 Å². The first kappa shape index (κ1) is 14.4. The van der Waals surface area contributed by atoms with Crippen LogP contribution in [0.25, 0.3) is 0 Å². The number of para-hydroxylation sites is 2. The molecular weight excluding hydrogens is 272 g/mol. The van der Waals surface area contributed by atoms with Crippen LogP contribution < -0.4 is 5.32 Å². The minimum atomic E-state index is -0.792. The van der Waals surface area contributed by atoms with Gasteiger partial charge in [-0.15, -0.1) is 0 Å². The maximum Gasteiger partial charge on any atom is 0.292 e. The smallest absolute Gasteiger partial charge is 0.292 e. The lowest BCUT2D eigenvalue weighted by Gasteiger charge is -2.04. The third-order valence-corrected chi connectivity index (χ3v) is 2.82. The van der Waals surface area contributed by atoms with Gasteiger partial charge in [0.25, 0.3) is 11.6 Å². The second-order valence-electron chi connectivity index (χ2n) is 4.31. The van der Waals surface area contributed by atoms with E-state index in [0.29, 0.717) is 5.69 Å². The quantitative estimate of drug-likeness (QED) is 0.518. The van der Waals surface area contributed by atoms with E-state index in [1.54, 1.807) is 36.4 Å². The van der Waals surface area contributed by atoms with Gasteiger partial charge in [0.15, 0.2) is 0 Å². The number of rotatable bonds is 5. The van der Waals surface area contributed by atoms with Crippen molar-refractivity contribution in [1.82, 2.24) is 0 Å². The molecule has 0 aliphatic rings. The largest absolute Gasteiger partial charge is 0.319 e.